The van der Waals surface area contributed by atoms with Gasteiger partial charge in [-0.1, -0.05) is 0 Å². The summed E-state index contributed by atoms with van der Waals surface area (Å²) in [6.45, 7) is 4.87. The Morgan fingerprint density at radius 2 is 2.46 bits per heavy atom. The van der Waals surface area contributed by atoms with Crippen LogP contribution in [-0.4, -0.2) is 55.3 Å². The average molecular weight is 204 g/mol. The molecule has 3 nitrogen and oxygen atoms in total. The van der Waals surface area contributed by atoms with Crippen molar-refractivity contribution in [3.63, 3.8) is 0 Å². The third kappa shape index (κ3) is 3.13. The summed E-state index contributed by atoms with van der Waals surface area (Å²) < 4.78 is 5.17. The highest BCUT2D eigenvalue weighted by Crippen LogP contribution is 2.18. The zero-order valence-corrected chi connectivity index (χ0v) is 9.35. The third-order valence-corrected chi connectivity index (χ3v) is 3.71. The van der Waals surface area contributed by atoms with E-state index in [9.17, 15) is 0 Å². The van der Waals surface area contributed by atoms with Crippen LogP contribution in [0, 0.1) is 0 Å². The van der Waals surface area contributed by atoms with Crippen molar-refractivity contribution in [2.45, 2.75) is 19.0 Å². The van der Waals surface area contributed by atoms with Crippen LogP contribution in [0.2, 0.25) is 0 Å². The molecule has 0 spiro atoms. The second-order valence-corrected chi connectivity index (χ2v) is 4.66. The third-order valence-electron chi connectivity index (χ3n) is 2.52. The number of rotatable bonds is 4. The maximum absolute atomic E-state index is 5.72. The predicted molar refractivity (Wildman–Crippen MR) is 58.2 cm³/mol. The summed E-state index contributed by atoms with van der Waals surface area (Å²) in [7, 11) is 1.74. The molecule has 0 aromatic heterocycles. The molecular weight excluding hydrogens is 184 g/mol. The zero-order chi connectivity index (χ0) is 9.68. The Bertz CT molecular complexity index is 146. The molecule has 13 heavy (non-hydrogen) atoms. The second-order valence-electron chi connectivity index (χ2n) is 3.51. The average Bonchev–Trinajstić information content (AvgIpc) is 2.16. The van der Waals surface area contributed by atoms with Gasteiger partial charge in [-0.05, 0) is 6.92 Å². The molecule has 0 amide bonds. The van der Waals surface area contributed by atoms with Crippen molar-refractivity contribution in [1.82, 2.24) is 4.90 Å². The van der Waals surface area contributed by atoms with Crippen LogP contribution in [0.25, 0.3) is 0 Å². The Morgan fingerprint density at radius 3 is 3.00 bits per heavy atom. The van der Waals surface area contributed by atoms with E-state index >= 15 is 0 Å². The molecule has 2 atom stereocenters. The van der Waals surface area contributed by atoms with Crippen molar-refractivity contribution in [3.05, 3.63) is 0 Å². The lowest BCUT2D eigenvalue weighted by Gasteiger charge is -2.38. The molecule has 0 saturated carbocycles. The van der Waals surface area contributed by atoms with Gasteiger partial charge in [0, 0.05) is 43.8 Å². The van der Waals surface area contributed by atoms with Crippen LogP contribution in [0.1, 0.15) is 6.92 Å². The van der Waals surface area contributed by atoms with E-state index in [0.29, 0.717) is 18.6 Å². The van der Waals surface area contributed by atoms with Gasteiger partial charge >= 0.3 is 0 Å². The highest BCUT2D eigenvalue weighted by atomic mass is 32.2. The van der Waals surface area contributed by atoms with Crippen LogP contribution in [0.5, 0.6) is 0 Å². The normalized spacial score (nSPS) is 27.5. The Hall–Kier alpha value is 0.230. The van der Waals surface area contributed by atoms with Gasteiger partial charge in [0.25, 0.3) is 0 Å². The molecule has 78 valence electrons. The molecule has 1 aliphatic heterocycles. The fraction of sp³-hybridized carbons (Fsp3) is 1.00. The first kappa shape index (κ1) is 11.3. The maximum Gasteiger partial charge on any atom is 0.0630 e. The lowest BCUT2D eigenvalue weighted by molar-refractivity contribution is 0.0779. The lowest BCUT2D eigenvalue weighted by Crippen LogP contribution is -2.51. The minimum Gasteiger partial charge on any atom is -0.383 e. The molecule has 1 rings (SSSR count). The summed E-state index contributed by atoms with van der Waals surface area (Å²) in [5, 5.41) is 0. The number of ether oxygens (including phenoxy) is 1. The van der Waals surface area contributed by atoms with Gasteiger partial charge in [0.2, 0.25) is 0 Å². The van der Waals surface area contributed by atoms with E-state index in [1.165, 1.54) is 11.5 Å². The van der Waals surface area contributed by atoms with E-state index in [-0.39, 0.29) is 0 Å². The summed E-state index contributed by atoms with van der Waals surface area (Å²) in [5.74, 6) is 2.45. The van der Waals surface area contributed by atoms with Crippen molar-refractivity contribution in [2.75, 3.05) is 38.3 Å². The quantitative estimate of drug-likeness (QED) is 0.719. The van der Waals surface area contributed by atoms with E-state index in [2.05, 4.69) is 11.8 Å². The molecular formula is C9H20N2OS. The second kappa shape index (κ2) is 5.86. The van der Waals surface area contributed by atoms with Crippen molar-refractivity contribution in [3.8, 4) is 0 Å². The molecule has 2 N–H and O–H groups in total. The molecule has 0 bridgehead atoms. The first-order chi connectivity index (χ1) is 6.29. The van der Waals surface area contributed by atoms with Crippen molar-refractivity contribution in [2.24, 2.45) is 5.73 Å². The standard InChI is InChI=1S/C9H20N2OS/c1-8-7-13-4-3-11(8)9(5-10)6-12-2/h8-9H,3-7,10H2,1-2H3. The topological polar surface area (TPSA) is 38.5 Å². The Morgan fingerprint density at radius 1 is 1.69 bits per heavy atom. The Labute approximate surface area is 85.0 Å². The van der Waals surface area contributed by atoms with Gasteiger partial charge in [-0.25, -0.2) is 0 Å². The van der Waals surface area contributed by atoms with Crippen molar-refractivity contribution in [1.29, 1.82) is 0 Å². The van der Waals surface area contributed by atoms with Gasteiger partial charge in [0.15, 0.2) is 0 Å². The van der Waals surface area contributed by atoms with Crippen LogP contribution in [0.3, 0.4) is 0 Å². The molecule has 0 radical (unpaired) electrons. The van der Waals surface area contributed by atoms with E-state index < -0.39 is 0 Å². The van der Waals surface area contributed by atoms with Crippen LogP contribution in [0.15, 0.2) is 0 Å². The van der Waals surface area contributed by atoms with Crippen molar-refractivity contribution >= 4 is 11.8 Å². The number of hydrogen-bond acceptors (Lipinski definition) is 4. The highest BCUT2D eigenvalue weighted by molar-refractivity contribution is 7.99. The molecule has 1 aliphatic rings. The molecule has 0 aromatic carbocycles. The van der Waals surface area contributed by atoms with Crippen LogP contribution >= 0.6 is 11.8 Å². The minimum atomic E-state index is 0.404. The number of methoxy groups -OCH3 is 1. The molecule has 1 fully saturated rings. The summed E-state index contributed by atoms with van der Waals surface area (Å²) in [4.78, 5) is 2.47. The molecule has 1 heterocycles. The molecule has 0 aliphatic carbocycles. The van der Waals surface area contributed by atoms with Gasteiger partial charge in [-0.2, -0.15) is 11.8 Å². The van der Waals surface area contributed by atoms with Gasteiger partial charge < -0.3 is 10.5 Å². The van der Waals surface area contributed by atoms with Gasteiger partial charge in [0.1, 0.15) is 0 Å². The Kier molecular flexibility index (Phi) is 5.09. The number of nitrogens with two attached hydrogens (primary N) is 1. The van der Waals surface area contributed by atoms with Gasteiger partial charge in [-0.3, -0.25) is 4.90 Å². The van der Waals surface area contributed by atoms with E-state index in [0.717, 1.165) is 13.2 Å². The number of nitrogens with zero attached hydrogens (tertiary/aromatic N) is 1. The predicted octanol–water partition coefficient (Wildman–Crippen LogP) is 0.397. The summed E-state index contributed by atoms with van der Waals surface area (Å²) in [6, 6.07) is 1.04. The van der Waals surface area contributed by atoms with E-state index in [1.807, 2.05) is 11.8 Å². The van der Waals surface area contributed by atoms with E-state index in [1.54, 1.807) is 7.11 Å². The number of hydrogen-bond donors (Lipinski definition) is 1. The largest absolute Gasteiger partial charge is 0.383 e. The molecule has 4 heteroatoms. The van der Waals surface area contributed by atoms with E-state index in [4.69, 9.17) is 10.5 Å². The summed E-state index contributed by atoms with van der Waals surface area (Å²) in [6.07, 6.45) is 0. The SMILES string of the molecule is COCC(CN)N1CCSCC1C. The minimum absolute atomic E-state index is 0.404. The summed E-state index contributed by atoms with van der Waals surface area (Å²) >= 11 is 2.03. The first-order valence-corrected chi connectivity index (χ1v) is 5.97. The van der Waals surface area contributed by atoms with Crippen LogP contribution in [0.4, 0.5) is 0 Å². The highest BCUT2D eigenvalue weighted by Gasteiger charge is 2.24. The first-order valence-electron chi connectivity index (χ1n) is 4.82. The van der Waals surface area contributed by atoms with Gasteiger partial charge in [0.05, 0.1) is 6.61 Å². The smallest absolute Gasteiger partial charge is 0.0630 e. The fourth-order valence-electron chi connectivity index (χ4n) is 1.77. The molecule has 0 aromatic rings. The Balaban J connectivity index is 2.44. The summed E-state index contributed by atoms with van der Waals surface area (Å²) in [5.41, 5.74) is 5.72. The maximum atomic E-state index is 5.72. The van der Waals surface area contributed by atoms with Crippen LogP contribution in [-0.2, 0) is 4.74 Å². The lowest BCUT2D eigenvalue weighted by atomic mass is 10.2. The molecule has 2 unspecified atom stereocenters. The van der Waals surface area contributed by atoms with Gasteiger partial charge in [-0.15, -0.1) is 0 Å². The molecule has 1 saturated heterocycles. The monoisotopic (exact) mass is 204 g/mol. The fourth-order valence-corrected chi connectivity index (χ4v) is 2.81. The van der Waals surface area contributed by atoms with Crippen molar-refractivity contribution < 1.29 is 4.74 Å². The van der Waals surface area contributed by atoms with Crippen LogP contribution < -0.4 is 5.73 Å². The number of thioether (sulfide) groups is 1. The zero-order valence-electron chi connectivity index (χ0n) is 8.53.